The van der Waals surface area contributed by atoms with Crippen LogP contribution in [-0.4, -0.2) is 31.0 Å². The average Bonchev–Trinajstić information content (AvgIpc) is 2.98. The number of carbonyl (C=O) groups is 1. The van der Waals surface area contributed by atoms with Crippen molar-refractivity contribution >= 4 is 17.5 Å². The Morgan fingerprint density at radius 1 is 1.38 bits per heavy atom. The van der Waals surface area contributed by atoms with E-state index in [-0.39, 0.29) is 17.4 Å². The molecule has 2 aliphatic rings. The number of ether oxygens (including phenoxy) is 1. The Hall–Kier alpha value is -0.280. The van der Waals surface area contributed by atoms with E-state index in [9.17, 15) is 4.79 Å². The highest BCUT2D eigenvalue weighted by atomic mass is 35.5. The summed E-state index contributed by atoms with van der Waals surface area (Å²) >= 11 is 6.03. The Morgan fingerprint density at radius 2 is 2.12 bits per heavy atom. The lowest BCUT2D eigenvalue weighted by atomic mass is 9.88. The van der Waals surface area contributed by atoms with Crippen LogP contribution in [0, 0.1) is 5.41 Å². The predicted molar refractivity (Wildman–Crippen MR) is 63.6 cm³/mol. The minimum absolute atomic E-state index is 0.0499. The summed E-state index contributed by atoms with van der Waals surface area (Å²) in [6.07, 6.45) is 6.41. The fourth-order valence-corrected chi connectivity index (χ4v) is 3.02. The van der Waals surface area contributed by atoms with Crippen molar-refractivity contribution in [1.82, 2.24) is 5.32 Å². The van der Waals surface area contributed by atoms with Crippen molar-refractivity contribution < 1.29 is 9.53 Å². The number of hydrogen-bond acceptors (Lipinski definition) is 2. The Morgan fingerprint density at radius 3 is 2.69 bits per heavy atom. The third-order valence-corrected chi connectivity index (χ3v) is 4.37. The van der Waals surface area contributed by atoms with Crippen molar-refractivity contribution in [3.8, 4) is 0 Å². The van der Waals surface area contributed by atoms with Gasteiger partial charge in [-0.3, -0.25) is 4.79 Å². The van der Waals surface area contributed by atoms with Gasteiger partial charge in [-0.15, -0.1) is 11.6 Å². The van der Waals surface area contributed by atoms with Gasteiger partial charge < -0.3 is 10.1 Å². The van der Waals surface area contributed by atoms with E-state index in [4.69, 9.17) is 16.3 Å². The highest BCUT2D eigenvalue weighted by molar-refractivity contribution is 6.18. The van der Waals surface area contributed by atoms with Gasteiger partial charge >= 0.3 is 0 Å². The topological polar surface area (TPSA) is 38.3 Å². The molecular formula is C12H20ClNO2. The van der Waals surface area contributed by atoms with E-state index >= 15 is 0 Å². The lowest BCUT2D eigenvalue weighted by Crippen LogP contribution is -2.41. The molecule has 0 bridgehead atoms. The molecule has 2 fully saturated rings. The first-order valence-corrected chi connectivity index (χ1v) is 6.74. The number of hydrogen-bond donors (Lipinski definition) is 1. The summed E-state index contributed by atoms with van der Waals surface area (Å²) in [5, 5.41) is 3.01. The van der Waals surface area contributed by atoms with E-state index in [1.54, 1.807) is 0 Å². The van der Waals surface area contributed by atoms with Crippen LogP contribution >= 0.6 is 11.6 Å². The number of amides is 1. The van der Waals surface area contributed by atoms with Gasteiger partial charge in [0.15, 0.2) is 0 Å². The van der Waals surface area contributed by atoms with Crippen LogP contribution in [0.5, 0.6) is 0 Å². The maximum absolute atomic E-state index is 11.8. The third kappa shape index (κ3) is 2.69. The Labute approximate surface area is 102 Å². The molecule has 1 unspecified atom stereocenters. The standard InChI is InChI=1S/C12H20ClNO2/c13-8-12(5-1-2-6-12)9-14-11(15)10-4-3-7-16-10/h10H,1-9H2,(H,14,15). The second-order valence-electron chi connectivity index (χ2n) is 5.06. The van der Waals surface area contributed by atoms with Crippen LogP contribution in [0.2, 0.25) is 0 Å². The first-order valence-electron chi connectivity index (χ1n) is 6.21. The number of nitrogens with one attached hydrogen (secondary N) is 1. The fourth-order valence-electron chi connectivity index (χ4n) is 2.66. The average molecular weight is 246 g/mol. The molecule has 0 spiro atoms. The van der Waals surface area contributed by atoms with Gasteiger partial charge in [-0.1, -0.05) is 12.8 Å². The van der Waals surface area contributed by atoms with Crippen LogP contribution in [0.3, 0.4) is 0 Å². The summed E-state index contributed by atoms with van der Waals surface area (Å²) in [6.45, 7) is 1.44. The highest BCUT2D eigenvalue weighted by Crippen LogP contribution is 2.38. The van der Waals surface area contributed by atoms with Gasteiger partial charge in [-0.2, -0.15) is 0 Å². The van der Waals surface area contributed by atoms with Gasteiger partial charge in [0.2, 0.25) is 5.91 Å². The summed E-state index contributed by atoms with van der Waals surface area (Å²) < 4.78 is 5.35. The summed E-state index contributed by atoms with van der Waals surface area (Å²) in [6, 6.07) is 0. The van der Waals surface area contributed by atoms with Crippen LogP contribution in [0.1, 0.15) is 38.5 Å². The van der Waals surface area contributed by atoms with Gasteiger partial charge in [-0.25, -0.2) is 0 Å². The highest BCUT2D eigenvalue weighted by Gasteiger charge is 2.34. The molecule has 4 heteroatoms. The minimum Gasteiger partial charge on any atom is -0.368 e. The van der Waals surface area contributed by atoms with E-state index in [1.165, 1.54) is 12.8 Å². The molecule has 1 saturated carbocycles. The van der Waals surface area contributed by atoms with Gasteiger partial charge in [0.05, 0.1) is 0 Å². The molecule has 2 rings (SSSR count). The summed E-state index contributed by atoms with van der Waals surface area (Å²) in [7, 11) is 0. The van der Waals surface area contributed by atoms with Crippen LogP contribution in [-0.2, 0) is 9.53 Å². The molecule has 1 atom stereocenters. The molecule has 0 radical (unpaired) electrons. The number of alkyl halides is 1. The zero-order valence-corrected chi connectivity index (χ0v) is 10.4. The first-order chi connectivity index (χ1) is 7.76. The number of rotatable bonds is 4. The molecule has 1 aliphatic heterocycles. The maximum atomic E-state index is 11.8. The number of carbonyl (C=O) groups excluding carboxylic acids is 1. The monoisotopic (exact) mass is 245 g/mol. The molecule has 1 aliphatic carbocycles. The van der Waals surface area contributed by atoms with E-state index in [2.05, 4.69) is 5.32 Å². The van der Waals surface area contributed by atoms with E-state index in [1.807, 2.05) is 0 Å². The van der Waals surface area contributed by atoms with Gasteiger partial charge in [0, 0.05) is 24.4 Å². The molecule has 0 aromatic carbocycles. The lowest BCUT2D eigenvalue weighted by molar-refractivity contribution is -0.130. The summed E-state index contributed by atoms with van der Waals surface area (Å²) in [4.78, 5) is 11.8. The van der Waals surface area contributed by atoms with Crippen LogP contribution < -0.4 is 5.32 Å². The first kappa shape index (κ1) is 12.2. The molecule has 16 heavy (non-hydrogen) atoms. The van der Waals surface area contributed by atoms with Crippen molar-refractivity contribution in [2.45, 2.75) is 44.6 Å². The van der Waals surface area contributed by atoms with Crippen LogP contribution in [0.15, 0.2) is 0 Å². The third-order valence-electron chi connectivity index (χ3n) is 3.81. The van der Waals surface area contributed by atoms with Crippen molar-refractivity contribution in [3.63, 3.8) is 0 Å². The quantitative estimate of drug-likeness (QED) is 0.771. The molecule has 1 heterocycles. The van der Waals surface area contributed by atoms with Crippen molar-refractivity contribution in [3.05, 3.63) is 0 Å². The molecule has 1 N–H and O–H groups in total. The van der Waals surface area contributed by atoms with E-state index < -0.39 is 0 Å². The van der Waals surface area contributed by atoms with Crippen molar-refractivity contribution in [1.29, 1.82) is 0 Å². The zero-order valence-electron chi connectivity index (χ0n) is 9.64. The Balaban J connectivity index is 1.79. The molecule has 1 saturated heterocycles. The van der Waals surface area contributed by atoms with Crippen molar-refractivity contribution in [2.75, 3.05) is 19.0 Å². The Bertz CT molecular complexity index is 245. The molecular weight excluding hydrogens is 226 g/mol. The molecule has 3 nitrogen and oxygen atoms in total. The van der Waals surface area contributed by atoms with Crippen LogP contribution in [0.4, 0.5) is 0 Å². The molecule has 92 valence electrons. The molecule has 0 aromatic rings. The second kappa shape index (κ2) is 5.37. The van der Waals surface area contributed by atoms with E-state index in [0.717, 1.165) is 38.8 Å². The van der Waals surface area contributed by atoms with Gasteiger partial charge in [0.25, 0.3) is 0 Å². The van der Waals surface area contributed by atoms with E-state index in [0.29, 0.717) is 5.88 Å². The lowest BCUT2D eigenvalue weighted by Gasteiger charge is -2.27. The minimum atomic E-state index is -0.214. The SMILES string of the molecule is O=C(NCC1(CCl)CCCC1)C1CCCO1. The van der Waals surface area contributed by atoms with Gasteiger partial charge in [0.1, 0.15) is 6.10 Å². The Kier molecular flexibility index (Phi) is 4.09. The normalized spacial score (nSPS) is 28.2. The van der Waals surface area contributed by atoms with Crippen LogP contribution in [0.25, 0.3) is 0 Å². The van der Waals surface area contributed by atoms with Crippen molar-refractivity contribution in [2.24, 2.45) is 5.41 Å². The van der Waals surface area contributed by atoms with Gasteiger partial charge in [-0.05, 0) is 25.7 Å². The summed E-state index contributed by atoms with van der Waals surface area (Å²) in [5.41, 5.74) is 0.149. The number of halogens is 1. The smallest absolute Gasteiger partial charge is 0.249 e. The predicted octanol–water partition coefficient (Wildman–Crippen LogP) is 2.08. The molecule has 0 aromatic heterocycles. The zero-order chi connectivity index (χ0) is 11.4. The molecule has 1 amide bonds. The maximum Gasteiger partial charge on any atom is 0.249 e. The summed E-state index contributed by atoms with van der Waals surface area (Å²) in [5.74, 6) is 0.701. The largest absolute Gasteiger partial charge is 0.368 e. The second-order valence-corrected chi connectivity index (χ2v) is 5.33. The fraction of sp³-hybridized carbons (Fsp3) is 0.917.